The lowest BCUT2D eigenvalue weighted by molar-refractivity contribution is 0.624. The van der Waals surface area contributed by atoms with Gasteiger partial charge in [0.05, 0.1) is 42.0 Å². The molecule has 4 rings (SSSR count). The van der Waals surface area contributed by atoms with Crippen molar-refractivity contribution in [3.05, 3.63) is 93.8 Å². The van der Waals surface area contributed by atoms with Crippen molar-refractivity contribution in [2.24, 2.45) is 0 Å². The molecule has 0 aliphatic carbocycles. The van der Waals surface area contributed by atoms with Crippen molar-refractivity contribution < 1.29 is 4.39 Å². The third kappa shape index (κ3) is 5.40. The minimum absolute atomic E-state index is 0.365. The van der Waals surface area contributed by atoms with E-state index in [0.29, 0.717) is 23.2 Å². The third-order valence-corrected chi connectivity index (χ3v) is 6.00. The average molecular weight is 483 g/mol. The lowest BCUT2D eigenvalue weighted by atomic mass is 10.1. The van der Waals surface area contributed by atoms with Crippen LogP contribution in [0.1, 0.15) is 28.1 Å². The van der Waals surface area contributed by atoms with Crippen LogP contribution in [0.3, 0.4) is 0 Å². The molecular formula is C24H24ClFN6S. The maximum absolute atomic E-state index is 13.3. The molecule has 0 unspecified atom stereocenters. The first-order valence-electron chi connectivity index (χ1n) is 10.4. The first-order valence-corrected chi connectivity index (χ1v) is 11.2. The molecule has 0 bridgehead atoms. The fraction of sp³-hybridized carbons (Fsp3) is 0.208. The summed E-state index contributed by atoms with van der Waals surface area (Å²) in [6.45, 7) is 7.19. The molecule has 6 nitrogen and oxygen atoms in total. The van der Waals surface area contributed by atoms with E-state index < -0.39 is 0 Å². The highest BCUT2D eigenvalue weighted by Gasteiger charge is 2.14. The number of benzene rings is 2. The smallest absolute Gasteiger partial charge is 0.175 e. The molecule has 0 radical (unpaired) electrons. The van der Waals surface area contributed by atoms with E-state index in [1.54, 1.807) is 16.9 Å². The predicted molar refractivity (Wildman–Crippen MR) is 135 cm³/mol. The molecule has 33 heavy (non-hydrogen) atoms. The zero-order valence-electron chi connectivity index (χ0n) is 18.6. The number of rotatable bonds is 6. The lowest BCUT2D eigenvalue weighted by Crippen LogP contribution is -2.19. The summed E-state index contributed by atoms with van der Waals surface area (Å²) in [5.74, 6) is -0.365. The number of nitrogens with zero attached hydrogens (tertiary/aromatic N) is 4. The van der Waals surface area contributed by atoms with Crippen molar-refractivity contribution in [3.63, 3.8) is 0 Å². The van der Waals surface area contributed by atoms with E-state index in [4.69, 9.17) is 23.8 Å². The molecule has 0 aliphatic heterocycles. The summed E-state index contributed by atoms with van der Waals surface area (Å²) < 4.78 is 16.9. The van der Waals surface area contributed by atoms with E-state index in [-0.39, 0.29) is 5.82 Å². The summed E-state index contributed by atoms with van der Waals surface area (Å²) in [7, 11) is 0. The van der Waals surface area contributed by atoms with Gasteiger partial charge in [0.1, 0.15) is 5.82 Å². The van der Waals surface area contributed by atoms with Crippen LogP contribution >= 0.6 is 23.8 Å². The number of halogens is 2. The van der Waals surface area contributed by atoms with Gasteiger partial charge in [-0.3, -0.25) is 9.36 Å². The highest BCUT2D eigenvalue weighted by atomic mass is 35.5. The van der Waals surface area contributed by atoms with E-state index >= 15 is 0 Å². The minimum atomic E-state index is -0.365. The maximum atomic E-state index is 13.3. The molecule has 0 saturated carbocycles. The molecule has 4 aromatic rings. The van der Waals surface area contributed by atoms with Gasteiger partial charge in [-0.2, -0.15) is 10.2 Å². The molecule has 0 saturated heterocycles. The number of hydrogen-bond donors (Lipinski definition) is 2. The number of anilines is 2. The van der Waals surface area contributed by atoms with Gasteiger partial charge in [0.2, 0.25) is 0 Å². The minimum Gasteiger partial charge on any atom is -0.330 e. The highest BCUT2D eigenvalue weighted by Crippen LogP contribution is 2.22. The number of aromatic nitrogens is 4. The summed E-state index contributed by atoms with van der Waals surface area (Å²) in [4.78, 5) is 0. The van der Waals surface area contributed by atoms with Crippen LogP contribution in [0.4, 0.5) is 15.8 Å². The molecule has 0 spiro atoms. The molecular weight excluding hydrogens is 459 g/mol. The van der Waals surface area contributed by atoms with Gasteiger partial charge in [0.15, 0.2) is 5.11 Å². The van der Waals surface area contributed by atoms with E-state index in [9.17, 15) is 4.39 Å². The maximum Gasteiger partial charge on any atom is 0.175 e. The summed E-state index contributed by atoms with van der Waals surface area (Å²) in [5, 5.41) is 16.2. The van der Waals surface area contributed by atoms with Gasteiger partial charge in [-0.05, 0) is 61.8 Å². The van der Waals surface area contributed by atoms with Crippen LogP contribution in [0.5, 0.6) is 0 Å². The zero-order valence-corrected chi connectivity index (χ0v) is 20.1. The number of thiocarbonyl (C=S) groups is 1. The van der Waals surface area contributed by atoms with Crippen LogP contribution in [0, 0.1) is 26.6 Å². The van der Waals surface area contributed by atoms with Crippen molar-refractivity contribution in [1.29, 1.82) is 0 Å². The van der Waals surface area contributed by atoms with Gasteiger partial charge in [-0.25, -0.2) is 4.39 Å². The monoisotopic (exact) mass is 482 g/mol. The molecule has 0 atom stereocenters. The van der Waals surface area contributed by atoms with Crippen LogP contribution in [-0.4, -0.2) is 24.7 Å². The predicted octanol–water partition coefficient (Wildman–Crippen LogP) is 5.70. The zero-order chi connectivity index (χ0) is 23.5. The summed E-state index contributed by atoms with van der Waals surface area (Å²) in [6, 6.07) is 12.6. The molecule has 0 amide bonds. The van der Waals surface area contributed by atoms with Gasteiger partial charge >= 0.3 is 0 Å². The number of aryl methyl sites for hydroxylation is 2. The van der Waals surface area contributed by atoms with Gasteiger partial charge in [0.25, 0.3) is 0 Å². The van der Waals surface area contributed by atoms with Crippen LogP contribution in [0.15, 0.2) is 54.9 Å². The molecule has 2 heterocycles. The van der Waals surface area contributed by atoms with Crippen molar-refractivity contribution >= 4 is 40.3 Å². The van der Waals surface area contributed by atoms with Crippen molar-refractivity contribution in [1.82, 2.24) is 19.6 Å². The van der Waals surface area contributed by atoms with Crippen molar-refractivity contribution in [2.75, 3.05) is 10.6 Å². The van der Waals surface area contributed by atoms with Crippen LogP contribution < -0.4 is 10.6 Å². The second-order valence-electron chi connectivity index (χ2n) is 7.87. The van der Waals surface area contributed by atoms with Gasteiger partial charge in [-0.15, -0.1) is 0 Å². The molecule has 9 heteroatoms. The fourth-order valence-electron chi connectivity index (χ4n) is 3.60. The average Bonchev–Trinajstić information content (AvgIpc) is 3.31. The largest absolute Gasteiger partial charge is 0.330 e. The lowest BCUT2D eigenvalue weighted by Gasteiger charge is -2.11. The van der Waals surface area contributed by atoms with Gasteiger partial charge in [0, 0.05) is 11.2 Å². The number of nitrogens with one attached hydrogen (secondary N) is 2. The summed E-state index contributed by atoms with van der Waals surface area (Å²) >= 11 is 11.6. The second kappa shape index (κ2) is 9.72. The summed E-state index contributed by atoms with van der Waals surface area (Å²) in [6.07, 6.45) is 3.49. The van der Waals surface area contributed by atoms with Crippen molar-refractivity contribution in [2.45, 2.75) is 33.9 Å². The second-order valence-corrected chi connectivity index (χ2v) is 8.69. The van der Waals surface area contributed by atoms with Crippen molar-refractivity contribution in [3.8, 4) is 0 Å². The first-order chi connectivity index (χ1) is 15.8. The Hall–Kier alpha value is -3.23. The normalized spacial score (nSPS) is 10.9. The topological polar surface area (TPSA) is 59.7 Å². The van der Waals surface area contributed by atoms with Crippen LogP contribution in [0.25, 0.3) is 0 Å². The molecule has 170 valence electrons. The Morgan fingerprint density at radius 3 is 2.61 bits per heavy atom. The van der Waals surface area contributed by atoms with Gasteiger partial charge < -0.3 is 10.6 Å². The van der Waals surface area contributed by atoms with E-state index in [2.05, 4.69) is 39.9 Å². The quantitative estimate of drug-likeness (QED) is 0.345. The third-order valence-electron chi connectivity index (χ3n) is 5.44. The molecule has 2 aromatic carbocycles. The fourth-order valence-corrected chi connectivity index (χ4v) is 4.04. The van der Waals surface area contributed by atoms with Crippen LogP contribution in [-0.2, 0) is 13.1 Å². The van der Waals surface area contributed by atoms with E-state index in [0.717, 1.165) is 28.3 Å². The Kier molecular flexibility index (Phi) is 6.76. The Morgan fingerprint density at radius 2 is 1.85 bits per heavy atom. The van der Waals surface area contributed by atoms with E-state index in [1.165, 1.54) is 23.3 Å². The molecule has 2 N–H and O–H groups in total. The molecule has 0 fully saturated rings. The Bertz CT molecular complexity index is 1310. The molecule has 0 aliphatic rings. The number of hydrogen-bond acceptors (Lipinski definition) is 3. The van der Waals surface area contributed by atoms with Crippen LogP contribution in [0.2, 0.25) is 5.02 Å². The first kappa shape index (κ1) is 22.9. The van der Waals surface area contributed by atoms with E-state index in [1.807, 2.05) is 36.9 Å². The molecule has 2 aromatic heterocycles. The Morgan fingerprint density at radius 1 is 1.06 bits per heavy atom. The Labute approximate surface area is 202 Å². The Balaban J connectivity index is 1.41. The SMILES string of the molecule is Cc1ccccc1Cn1nc(C)c(NC(=S)Nc2cnn(Cc3ccc(F)cc3Cl)c2)c1C. The highest BCUT2D eigenvalue weighted by molar-refractivity contribution is 7.80. The summed E-state index contributed by atoms with van der Waals surface area (Å²) in [5.41, 5.74) is 6.72. The van der Waals surface area contributed by atoms with Gasteiger partial charge in [-0.1, -0.05) is 41.9 Å². The standard InChI is InChI=1S/C24H24ClFN6S/c1-15-6-4-5-7-18(15)13-32-17(3)23(16(2)30-32)29-24(33)28-21-11-27-31(14-21)12-19-8-9-20(26)10-22(19)25/h4-11,14H,12-13H2,1-3H3,(H2,28,29,33).